The van der Waals surface area contributed by atoms with Crippen molar-refractivity contribution in [2.45, 2.75) is 52.4 Å². The van der Waals surface area contributed by atoms with E-state index < -0.39 is 5.60 Å². The summed E-state index contributed by atoms with van der Waals surface area (Å²) in [6.07, 6.45) is 1.40. The minimum atomic E-state index is -0.767. The number of hydrogen-bond acceptors (Lipinski definition) is 3. The predicted octanol–water partition coefficient (Wildman–Crippen LogP) is 5.74. The SMILES string of the molecule is CCC(O)(CC)c1ccc(-c2cccc(OCc3cccc(CO)c3)c2)cc1C. The Labute approximate surface area is 173 Å². The molecule has 0 atom stereocenters. The van der Waals surface area contributed by atoms with E-state index in [4.69, 9.17) is 4.74 Å². The summed E-state index contributed by atoms with van der Waals surface area (Å²) < 4.78 is 5.98. The summed E-state index contributed by atoms with van der Waals surface area (Å²) in [5.74, 6) is 0.803. The molecule has 0 heterocycles. The Kier molecular flexibility index (Phi) is 6.73. The third kappa shape index (κ3) is 4.87. The molecule has 0 spiro atoms. The summed E-state index contributed by atoms with van der Waals surface area (Å²) in [5, 5.41) is 20.1. The maximum absolute atomic E-state index is 10.9. The van der Waals surface area contributed by atoms with E-state index in [9.17, 15) is 10.2 Å². The summed E-state index contributed by atoms with van der Waals surface area (Å²) in [7, 11) is 0. The van der Waals surface area contributed by atoms with Gasteiger partial charge in [0.05, 0.1) is 12.2 Å². The van der Waals surface area contributed by atoms with Crippen molar-refractivity contribution in [1.82, 2.24) is 0 Å². The first-order valence-corrected chi connectivity index (χ1v) is 10.2. The summed E-state index contributed by atoms with van der Waals surface area (Å²) in [6.45, 7) is 6.59. The number of aliphatic hydroxyl groups excluding tert-OH is 1. The summed E-state index contributed by atoms with van der Waals surface area (Å²) in [4.78, 5) is 0. The van der Waals surface area contributed by atoms with Gasteiger partial charge < -0.3 is 14.9 Å². The molecule has 0 saturated carbocycles. The van der Waals surface area contributed by atoms with Crippen LogP contribution in [0.5, 0.6) is 5.75 Å². The highest BCUT2D eigenvalue weighted by atomic mass is 16.5. The smallest absolute Gasteiger partial charge is 0.120 e. The van der Waals surface area contributed by atoms with Gasteiger partial charge >= 0.3 is 0 Å². The second-order valence-corrected chi connectivity index (χ2v) is 7.56. The molecule has 3 nitrogen and oxygen atoms in total. The molecular weight excluding hydrogens is 360 g/mol. The Bertz CT molecular complexity index is 958. The zero-order chi connectivity index (χ0) is 20.9. The van der Waals surface area contributed by atoms with Crippen molar-refractivity contribution in [2.24, 2.45) is 0 Å². The van der Waals surface area contributed by atoms with Crippen molar-refractivity contribution in [3.05, 3.63) is 89.0 Å². The summed E-state index contributed by atoms with van der Waals surface area (Å²) in [6, 6.07) is 22.1. The van der Waals surface area contributed by atoms with Crippen LogP contribution >= 0.6 is 0 Å². The van der Waals surface area contributed by atoms with Gasteiger partial charge in [0.25, 0.3) is 0 Å². The van der Waals surface area contributed by atoms with Crippen LogP contribution < -0.4 is 4.74 Å². The highest BCUT2D eigenvalue weighted by Crippen LogP contribution is 2.34. The second kappa shape index (κ2) is 9.25. The zero-order valence-electron chi connectivity index (χ0n) is 17.5. The lowest BCUT2D eigenvalue weighted by Gasteiger charge is -2.28. The molecule has 0 unspecified atom stereocenters. The molecule has 3 rings (SSSR count). The predicted molar refractivity (Wildman–Crippen MR) is 118 cm³/mol. The molecule has 152 valence electrons. The van der Waals surface area contributed by atoms with Crippen LogP contribution in [0.15, 0.2) is 66.7 Å². The van der Waals surface area contributed by atoms with Gasteiger partial charge in [0.1, 0.15) is 12.4 Å². The molecule has 2 N–H and O–H groups in total. The molecule has 3 aromatic carbocycles. The van der Waals surface area contributed by atoms with Gasteiger partial charge in [-0.1, -0.05) is 68.4 Å². The molecular formula is C26H30O3. The van der Waals surface area contributed by atoms with E-state index in [2.05, 4.69) is 25.1 Å². The summed E-state index contributed by atoms with van der Waals surface area (Å²) in [5.41, 5.74) is 5.43. The Hall–Kier alpha value is -2.62. The molecule has 0 aromatic heterocycles. The first-order valence-electron chi connectivity index (χ1n) is 10.2. The van der Waals surface area contributed by atoms with E-state index in [0.717, 1.165) is 39.1 Å². The molecule has 0 aliphatic heterocycles. The molecule has 3 heteroatoms. The van der Waals surface area contributed by atoms with Crippen LogP contribution in [-0.4, -0.2) is 10.2 Å². The van der Waals surface area contributed by atoms with E-state index >= 15 is 0 Å². The number of rotatable bonds is 8. The molecule has 0 fully saturated rings. The zero-order valence-corrected chi connectivity index (χ0v) is 17.5. The van der Waals surface area contributed by atoms with E-state index in [1.54, 1.807) is 0 Å². The molecule has 0 aliphatic carbocycles. The van der Waals surface area contributed by atoms with Gasteiger partial charge in [-0.3, -0.25) is 0 Å². The first kappa shape index (κ1) is 21.1. The van der Waals surface area contributed by atoms with Gasteiger partial charge in [-0.2, -0.15) is 0 Å². The molecule has 0 amide bonds. The minimum Gasteiger partial charge on any atom is -0.489 e. The van der Waals surface area contributed by atoms with Gasteiger partial charge in [-0.15, -0.1) is 0 Å². The Balaban J connectivity index is 1.79. The Morgan fingerprint density at radius 1 is 0.828 bits per heavy atom. The Morgan fingerprint density at radius 2 is 1.52 bits per heavy atom. The number of benzene rings is 3. The van der Waals surface area contributed by atoms with Gasteiger partial charge in [0, 0.05) is 0 Å². The fourth-order valence-corrected chi connectivity index (χ4v) is 3.75. The van der Waals surface area contributed by atoms with Crippen LogP contribution in [0.1, 0.15) is 48.9 Å². The van der Waals surface area contributed by atoms with E-state index in [1.807, 2.05) is 62.4 Å². The fraction of sp³-hybridized carbons (Fsp3) is 0.308. The van der Waals surface area contributed by atoms with Crippen LogP contribution in [0.3, 0.4) is 0 Å². The molecule has 29 heavy (non-hydrogen) atoms. The van der Waals surface area contributed by atoms with Gasteiger partial charge in [0.2, 0.25) is 0 Å². The van der Waals surface area contributed by atoms with Crippen molar-refractivity contribution >= 4 is 0 Å². The average Bonchev–Trinajstić information content (AvgIpc) is 2.77. The van der Waals surface area contributed by atoms with Crippen LogP contribution in [-0.2, 0) is 18.8 Å². The van der Waals surface area contributed by atoms with E-state index in [0.29, 0.717) is 19.4 Å². The largest absolute Gasteiger partial charge is 0.489 e. The maximum Gasteiger partial charge on any atom is 0.120 e. The minimum absolute atomic E-state index is 0.0316. The maximum atomic E-state index is 10.9. The average molecular weight is 391 g/mol. The lowest BCUT2D eigenvalue weighted by molar-refractivity contribution is 0.0278. The quantitative estimate of drug-likeness (QED) is 0.515. The van der Waals surface area contributed by atoms with Crippen molar-refractivity contribution in [1.29, 1.82) is 0 Å². The fourth-order valence-electron chi connectivity index (χ4n) is 3.75. The van der Waals surface area contributed by atoms with Crippen molar-refractivity contribution in [3.8, 4) is 16.9 Å². The van der Waals surface area contributed by atoms with Gasteiger partial charge in [-0.25, -0.2) is 0 Å². The first-order chi connectivity index (χ1) is 14.0. The molecule has 0 aliphatic rings. The lowest BCUT2D eigenvalue weighted by Crippen LogP contribution is -2.24. The number of hydrogen-bond donors (Lipinski definition) is 2. The van der Waals surface area contributed by atoms with E-state index in [1.165, 1.54) is 0 Å². The number of aryl methyl sites for hydroxylation is 1. The van der Waals surface area contributed by atoms with E-state index in [-0.39, 0.29) is 6.61 Å². The normalized spacial score (nSPS) is 11.5. The standard InChI is InChI=1S/C26H30O3/c1-4-26(28,5-2)25-13-12-23(14-19(25)3)22-10-7-11-24(16-22)29-18-21-9-6-8-20(15-21)17-27/h6-16,27-28H,4-5,17-18H2,1-3H3. The molecule has 0 radical (unpaired) electrons. The van der Waals surface area contributed by atoms with Crippen LogP contribution in [0.25, 0.3) is 11.1 Å². The van der Waals surface area contributed by atoms with Crippen LogP contribution in [0.4, 0.5) is 0 Å². The van der Waals surface area contributed by atoms with Crippen molar-refractivity contribution < 1.29 is 14.9 Å². The van der Waals surface area contributed by atoms with Crippen LogP contribution in [0, 0.1) is 6.92 Å². The highest BCUT2D eigenvalue weighted by molar-refractivity contribution is 5.66. The molecule has 0 saturated heterocycles. The second-order valence-electron chi connectivity index (χ2n) is 7.56. The van der Waals surface area contributed by atoms with Crippen molar-refractivity contribution in [3.63, 3.8) is 0 Å². The number of aliphatic hydroxyl groups is 2. The van der Waals surface area contributed by atoms with Gasteiger partial charge in [0.15, 0.2) is 0 Å². The van der Waals surface area contributed by atoms with Crippen molar-refractivity contribution in [2.75, 3.05) is 0 Å². The lowest BCUT2D eigenvalue weighted by atomic mass is 9.84. The van der Waals surface area contributed by atoms with Gasteiger partial charge in [-0.05, 0) is 65.3 Å². The molecule has 3 aromatic rings. The third-order valence-electron chi connectivity index (χ3n) is 5.64. The van der Waals surface area contributed by atoms with Crippen LogP contribution in [0.2, 0.25) is 0 Å². The molecule has 0 bridgehead atoms. The topological polar surface area (TPSA) is 49.7 Å². The summed E-state index contributed by atoms with van der Waals surface area (Å²) >= 11 is 0. The highest BCUT2D eigenvalue weighted by Gasteiger charge is 2.26. The third-order valence-corrected chi connectivity index (χ3v) is 5.64. The monoisotopic (exact) mass is 390 g/mol. The Morgan fingerprint density at radius 3 is 2.21 bits per heavy atom. The number of ether oxygens (including phenoxy) is 1.